The van der Waals surface area contributed by atoms with Crippen LogP contribution in [0.4, 0.5) is 11.4 Å². The number of carbonyl (C=O) groups excluding carboxylic acids is 1. The minimum absolute atomic E-state index is 0.0323. The summed E-state index contributed by atoms with van der Waals surface area (Å²) in [6, 6.07) is 6.63. The first-order valence-electron chi connectivity index (χ1n) is 8.69. The van der Waals surface area contributed by atoms with Gasteiger partial charge in [-0.15, -0.1) is 0 Å². The lowest BCUT2D eigenvalue weighted by molar-refractivity contribution is -0.146. The average Bonchev–Trinajstić information content (AvgIpc) is 3.29. The molecule has 4 atom stereocenters. The molecular weight excluding hydrogens is 356 g/mol. The molecule has 8 heteroatoms. The normalized spacial score (nSPS) is 31.3. The van der Waals surface area contributed by atoms with Crippen molar-refractivity contribution in [2.75, 3.05) is 21.9 Å². The van der Waals surface area contributed by atoms with Gasteiger partial charge in [0.1, 0.15) is 0 Å². The number of nitrogens with zero attached hydrogens (tertiary/aromatic N) is 1. The highest BCUT2D eigenvalue weighted by Crippen LogP contribution is 2.48. The summed E-state index contributed by atoms with van der Waals surface area (Å²) in [7, 11) is -3.24. The number of amides is 1. The molecule has 0 aromatic heterocycles. The second-order valence-corrected chi connectivity index (χ2v) is 9.13. The lowest BCUT2D eigenvalue weighted by Crippen LogP contribution is -2.36. The predicted octanol–water partition coefficient (Wildman–Crippen LogP) is 1.69. The van der Waals surface area contributed by atoms with Crippen LogP contribution in [0.15, 0.2) is 36.4 Å². The number of hydrogen-bond donors (Lipinski definition) is 2. The number of hydrogen-bond acceptors (Lipinski definition) is 4. The Balaban J connectivity index is 1.48. The van der Waals surface area contributed by atoms with E-state index < -0.39 is 27.8 Å². The van der Waals surface area contributed by atoms with Gasteiger partial charge in [0, 0.05) is 12.2 Å². The van der Waals surface area contributed by atoms with E-state index in [0.717, 1.165) is 0 Å². The SMILES string of the molecule is O=C(O)[C@H]1[C@H](C(=O)Nc2ccc(N3CCCS3(=O)=O)cc2)[C@H]2C=C[C@H]1C2. The third-order valence-electron chi connectivity index (χ3n) is 5.57. The molecule has 7 nitrogen and oxygen atoms in total. The summed E-state index contributed by atoms with van der Waals surface area (Å²) < 4.78 is 25.3. The molecule has 1 aliphatic heterocycles. The van der Waals surface area contributed by atoms with E-state index in [1.165, 1.54) is 4.31 Å². The Morgan fingerprint density at radius 3 is 2.31 bits per heavy atom. The molecule has 1 aromatic carbocycles. The summed E-state index contributed by atoms with van der Waals surface area (Å²) in [6.07, 6.45) is 5.16. The molecule has 2 aliphatic carbocycles. The molecule has 1 amide bonds. The minimum atomic E-state index is -3.24. The zero-order chi connectivity index (χ0) is 18.5. The Hall–Kier alpha value is -2.35. The molecule has 1 saturated carbocycles. The van der Waals surface area contributed by atoms with Gasteiger partial charge in [-0.1, -0.05) is 12.2 Å². The molecular formula is C18H20N2O5S. The van der Waals surface area contributed by atoms with Crippen LogP contribution in [0.3, 0.4) is 0 Å². The molecule has 0 spiro atoms. The van der Waals surface area contributed by atoms with Gasteiger partial charge in [0.25, 0.3) is 0 Å². The standard InChI is InChI=1S/C18H20N2O5S/c21-17(15-11-2-3-12(10-11)16(15)18(22)23)19-13-4-6-14(7-5-13)20-8-1-9-26(20,24)25/h2-7,11-12,15-16H,1,8-10H2,(H,19,21)(H,22,23)/t11-,12-,15+,16+/m0/s1. The van der Waals surface area contributed by atoms with Crippen LogP contribution < -0.4 is 9.62 Å². The number of rotatable bonds is 4. The monoisotopic (exact) mass is 376 g/mol. The maximum absolute atomic E-state index is 12.6. The molecule has 2 N–H and O–H groups in total. The van der Waals surface area contributed by atoms with Crippen LogP contribution >= 0.6 is 0 Å². The molecule has 4 rings (SSSR count). The Morgan fingerprint density at radius 1 is 1.08 bits per heavy atom. The van der Waals surface area contributed by atoms with Crippen LogP contribution in [0.2, 0.25) is 0 Å². The highest BCUT2D eigenvalue weighted by molar-refractivity contribution is 7.93. The van der Waals surface area contributed by atoms with Gasteiger partial charge in [0.2, 0.25) is 15.9 Å². The van der Waals surface area contributed by atoms with E-state index in [-0.39, 0.29) is 23.5 Å². The van der Waals surface area contributed by atoms with Crippen molar-refractivity contribution in [2.45, 2.75) is 12.8 Å². The maximum atomic E-state index is 12.6. The fourth-order valence-corrected chi connectivity index (χ4v) is 5.95. The summed E-state index contributed by atoms with van der Waals surface area (Å²) in [6.45, 7) is 0.464. The third kappa shape index (κ3) is 2.78. The Kier molecular flexibility index (Phi) is 4.02. The number of carboxylic acids is 1. The summed E-state index contributed by atoms with van der Waals surface area (Å²) in [5, 5.41) is 12.2. The van der Waals surface area contributed by atoms with Crippen molar-refractivity contribution in [3.8, 4) is 0 Å². The van der Waals surface area contributed by atoms with E-state index >= 15 is 0 Å². The minimum Gasteiger partial charge on any atom is -0.481 e. The molecule has 138 valence electrons. The summed E-state index contributed by atoms with van der Waals surface area (Å²) in [5.41, 5.74) is 1.11. The second-order valence-electron chi connectivity index (χ2n) is 7.12. The van der Waals surface area contributed by atoms with Gasteiger partial charge < -0.3 is 10.4 Å². The Labute approximate surface area is 151 Å². The van der Waals surface area contributed by atoms with Gasteiger partial charge in [0.05, 0.1) is 23.3 Å². The van der Waals surface area contributed by atoms with Crippen molar-refractivity contribution in [3.05, 3.63) is 36.4 Å². The van der Waals surface area contributed by atoms with Crippen molar-refractivity contribution in [1.29, 1.82) is 0 Å². The van der Waals surface area contributed by atoms with Crippen LogP contribution in [0.5, 0.6) is 0 Å². The van der Waals surface area contributed by atoms with Crippen LogP contribution in [0, 0.1) is 23.7 Å². The number of sulfonamides is 1. The average molecular weight is 376 g/mol. The van der Waals surface area contributed by atoms with E-state index in [0.29, 0.717) is 30.8 Å². The quantitative estimate of drug-likeness (QED) is 0.778. The number of nitrogens with one attached hydrogen (secondary N) is 1. The first-order chi connectivity index (χ1) is 12.4. The molecule has 26 heavy (non-hydrogen) atoms. The fourth-order valence-electron chi connectivity index (χ4n) is 4.38. The number of anilines is 2. The lowest BCUT2D eigenvalue weighted by atomic mass is 9.82. The van der Waals surface area contributed by atoms with Crippen molar-refractivity contribution in [1.82, 2.24) is 0 Å². The summed E-state index contributed by atoms with van der Waals surface area (Å²) >= 11 is 0. The zero-order valence-corrected chi connectivity index (χ0v) is 14.9. The highest BCUT2D eigenvalue weighted by atomic mass is 32.2. The molecule has 1 aromatic rings. The highest BCUT2D eigenvalue weighted by Gasteiger charge is 2.51. The first kappa shape index (κ1) is 17.1. The Morgan fingerprint density at radius 2 is 1.73 bits per heavy atom. The summed E-state index contributed by atoms with van der Waals surface area (Å²) in [4.78, 5) is 24.2. The summed E-state index contributed by atoms with van der Waals surface area (Å²) in [5.74, 6) is -2.43. The van der Waals surface area contributed by atoms with Crippen molar-refractivity contribution in [3.63, 3.8) is 0 Å². The molecule has 0 unspecified atom stereocenters. The first-order valence-corrected chi connectivity index (χ1v) is 10.3. The number of carbonyl (C=O) groups is 2. The van der Waals surface area contributed by atoms with Crippen molar-refractivity contribution < 1.29 is 23.1 Å². The van der Waals surface area contributed by atoms with Crippen LogP contribution in [-0.4, -0.2) is 37.7 Å². The topological polar surface area (TPSA) is 104 Å². The van der Waals surface area contributed by atoms with E-state index in [2.05, 4.69) is 5.32 Å². The van der Waals surface area contributed by atoms with E-state index in [1.807, 2.05) is 12.2 Å². The smallest absolute Gasteiger partial charge is 0.307 e. The number of allylic oxidation sites excluding steroid dienone is 2. The number of aliphatic carboxylic acids is 1. The number of fused-ring (bicyclic) bond motifs is 2. The van der Waals surface area contributed by atoms with Crippen molar-refractivity contribution in [2.24, 2.45) is 23.7 Å². The third-order valence-corrected chi connectivity index (χ3v) is 7.44. The van der Waals surface area contributed by atoms with Crippen LogP contribution in [0.1, 0.15) is 12.8 Å². The van der Waals surface area contributed by atoms with E-state index in [9.17, 15) is 23.1 Å². The molecule has 1 heterocycles. The largest absolute Gasteiger partial charge is 0.481 e. The van der Waals surface area contributed by atoms with E-state index in [1.54, 1.807) is 24.3 Å². The number of benzene rings is 1. The van der Waals surface area contributed by atoms with Crippen LogP contribution in [-0.2, 0) is 19.6 Å². The molecule has 2 fully saturated rings. The second kappa shape index (κ2) is 6.12. The van der Waals surface area contributed by atoms with Gasteiger partial charge in [0.15, 0.2) is 0 Å². The predicted molar refractivity (Wildman–Crippen MR) is 96.2 cm³/mol. The maximum Gasteiger partial charge on any atom is 0.307 e. The molecule has 3 aliphatic rings. The van der Waals surface area contributed by atoms with Gasteiger partial charge in [-0.05, 0) is 48.9 Å². The molecule has 2 bridgehead atoms. The Bertz CT molecular complexity index is 877. The van der Waals surface area contributed by atoms with E-state index in [4.69, 9.17) is 0 Å². The molecule has 1 saturated heterocycles. The fraction of sp³-hybridized carbons (Fsp3) is 0.444. The number of carboxylic acid groups (broad SMARTS) is 1. The van der Waals surface area contributed by atoms with Crippen molar-refractivity contribution >= 4 is 33.3 Å². The van der Waals surface area contributed by atoms with Gasteiger partial charge >= 0.3 is 5.97 Å². The molecule has 0 radical (unpaired) electrons. The zero-order valence-electron chi connectivity index (χ0n) is 14.0. The lowest BCUT2D eigenvalue weighted by Gasteiger charge is -2.24. The van der Waals surface area contributed by atoms with Crippen LogP contribution in [0.25, 0.3) is 0 Å². The van der Waals surface area contributed by atoms with Gasteiger partial charge in [-0.25, -0.2) is 8.42 Å². The van der Waals surface area contributed by atoms with Gasteiger partial charge in [-0.3, -0.25) is 13.9 Å². The van der Waals surface area contributed by atoms with Gasteiger partial charge in [-0.2, -0.15) is 0 Å².